The average Bonchev–Trinajstić information content (AvgIpc) is 3.21. The number of benzene rings is 2. The summed E-state index contributed by atoms with van der Waals surface area (Å²) >= 11 is 0. The van der Waals surface area contributed by atoms with Crippen molar-refractivity contribution in [1.82, 2.24) is 4.98 Å². The van der Waals surface area contributed by atoms with Crippen LogP contribution in [0.4, 0.5) is 0 Å². The summed E-state index contributed by atoms with van der Waals surface area (Å²) in [6.45, 7) is 0. The normalized spacial score (nSPS) is 10.7. The van der Waals surface area contributed by atoms with Gasteiger partial charge in [-0.3, -0.25) is 0 Å². The lowest BCUT2D eigenvalue weighted by atomic mass is 9.98. The Morgan fingerprint density at radius 3 is 1.90 bits per heavy atom. The molecule has 0 N–H and O–H groups in total. The number of nitrogens with zero attached hydrogens (tertiary/aromatic N) is 1. The lowest BCUT2D eigenvalue weighted by Gasteiger charge is -2.14. The number of furan rings is 1. The molecule has 0 bridgehead atoms. The first kappa shape index (κ1) is 20.4. The van der Waals surface area contributed by atoms with E-state index in [4.69, 9.17) is 28.1 Å². The molecule has 0 radical (unpaired) electrons. The molecule has 4 aromatic rings. The lowest BCUT2D eigenvalue weighted by Crippen LogP contribution is -1.96. The van der Waals surface area contributed by atoms with E-state index in [2.05, 4.69) is 4.98 Å². The standard InChI is InChI=1S/C24H23NO6/c1-26-16-8-6-14(7-9-16)22-21(17-10-11-20(29-4)25-24(17)31-22)15-12-18(27-2)23(30-5)19(13-15)28-3/h6-13H,1-5H3. The summed E-state index contributed by atoms with van der Waals surface area (Å²) in [4.78, 5) is 4.48. The summed E-state index contributed by atoms with van der Waals surface area (Å²) in [6, 6.07) is 15.2. The van der Waals surface area contributed by atoms with Crippen LogP contribution in [0, 0.1) is 0 Å². The molecule has 4 rings (SSSR count). The molecule has 2 heterocycles. The highest BCUT2D eigenvalue weighted by Gasteiger charge is 2.23. The number of hydrogen-bond donors (Lipinski definition) is 0. The molecule has 2 aromatic carbocycles. The van der Waals surface area contributed by atoms with Gasteiger partial charge in [-0.1, -0.05) is 0 Å². The second-order valence-electron chi connectivity index (χ2n) is 6.66. The van der Waals surface area contributed by atoms with Crippen molar-refractivity contribution >= 4 is 11.1 Å². The Kier molecular flexibility index (Phi) is 5.58. The Hall–Kier alpha value is -3.87. The van der Waals surface area contributed by atoms with Gasteiger partial charge in [0.15, 0.2) is 11.5 Å². The van der Waals surface area contributed by atoms with Crippen LogP contribution < -0.4 is 23.7 Å². The zero-order valence-corrected chi connectivity index (χ0v) is 18.0. The van der Waals surface area contributed by atoms with Crippen LogP contribution in [0.25, 0.3) is 33.6 Å². The number of aromatic nitrogens is 1. The van der Waals surface area contributed by atoms with Crippen molar-refractivity contribution in [3.8, 4) is 51.3 Å². The van der Waals surface area contributed by atoms with E-state index < -0.39 is 0 Å². The predicted molar refractivity (Wildman–Crippen MR) is 118 cm³/mol. The molecule has 31 heavy (non-hydrogen) atoms. The third-order valence-corrected chi connectivity index (χ3v) is 5.04. The maximum Gasteiger partial charge on any atom is 0.230 e. The molecule has 160 valence electrons. The Balaban J connectivity index is 2.01. The van der Waals surface area contributed by atoms with Gasteiger partial charge < -0.3 is 28.1 Å². The molecule has 0 aliphatic heterocycles. The first-order valence-electron chi connectivity index (χ1n) is 9.55. The maximum absolute atomic E-state index is 6.21. The molecule has 0 aliphatic carbocycles. The summed E-state index contributed by atoms with van der Waals surface area (Å²) in [5.41, 5.74) is 3.04. The van der Waals surface area contributed by atoms with Crippen molar-refractivity contribution in [3.63, 3.8) is 0 Å². The quantitative estimate of drug-likeness (QED) is 0.406. The Morgan fingerprint density at radius 1 is 0.677 bits per heavy atom. The molecule has 0 atom stereocenters. The van der Waals surface area contributed by atoms with Crippen molar-refractivity contribution < 1.29 is 28.1 Å². The van der Waals surface area contributed by atoms with Gasteiger partial charge >= 0.3 is 0 Å². The van der Waals surface area contributed by atoms with Crippen LogP contribution in [-0.4, -0.2) is 40.5 Å². The van der Waals surface area contributed by atoms with Gasteiger partial charge in [0, 0.05) is 22.6 Å². The SMILES string of the molecule is COc1ccc(-c2oc3nc(OC)ccc3c2-c2cc(OC)c(OC)c(OC)c2)cc1. The van der Waals surface area contributed by atoms with Crippen LogP contribution in [0.15, 0.2) is 52.9 Å². The minimum absolute atomic E-state index is 0.467. The Morgan fingerprint density at radius 2 is 1.35 bits per heavy atom. The fraction of sp³-hybridized carbons (Fsp3) is 0.208. The van der Waals surface area contributed by atoms with E-state index in [0.717, 1.165) is 27.8 Å². The number of pyridine rings is 1. The van der Waals surface area contributed by atoms with Crippen LogP contribution >= 0.6 is 0 Å². The minimum Gasteiger partial charge on any atom is -0.497 e. The van der Waals surface area contributed by atoms with Gasteiger partial charge in [0.1, 0.15) is 11.5 Å². The molecule has 7 nitrogen and oxygen atoms in total. The number of rotatable bonds is 7. The molecule has 0 unspecified atom stereocenters. The summed E-state index contributed by atoms with van der Waals surface area (Å²) in [5, 5.41) is 0.834. The van der Waals surface area contributed by atoms with E-state index in [1.807, 2.05) is 42.5 Å². The molecular weight excluding hydrogens is 398 g/mol. The van der Waals surface area contributed by atoms with Crippen LogP contribution in [-0.2, 0) is 0 Å². The van der Waals surface area contributed by atoms with Gasteiger partial charge in [0.2, 0.25) is 17.3 Å². The van der Waals surface area contributed by atoms with Crippen molar-refractivity contribution in [1.29, 1.82) is 0 Å². The summed E-state index contributed by atoms with van der Waals surface area (Å²) in [6.07, 6.45) is 0. The lowest BCUT2D eigenvalue weighted by molar-refractivity contribution is 0.324. The molecule has 0 aliphatic rings. The van der Waals surface area contributed by atoms with E-state index in [9.17, 15) is 0 Å². The molecular formula is C24H23NO6. The zero-order valence-electron chi connectivity index (χ0n) is 18.0. The summed E-state index contributed by atoms with van der Waals surface area (Å²) < 4.78 is 33.4. The van der Waals surface area contributed by atoms with Crippen LogP contribution in [0.1, 0.15) is 0 Å². The van der Waals surface area contributed by atoms with E-state index in [1.54, 1.807) is 41.6 Å². The smallest absolute Gasteiger partial charge is 0.230 e. The first-order chi connectivity index (χ1) is 15.1. The van der Waals surface area contributed by atoms with Crippen molar-refractivity contribution in [2.75, 3.05) is 35.5 Å². The fourth-order valence-electron chi connectivity index (χ4n) is 3.53. The van der Waals surface area contributed by atoms with Gasteiger partial charge in [-0.05, 0) is 48.0 Å². The number of hydrogen-bond acceptors (Lipinski definition) is 7. The number of fused-ring (bicyclic) bond motifs is 1. The summed E-state index contributed by atoms with van der Waals surface area (Å²) in [7, 11) is 7.96. The first-order valence-corrected chi connectivity index (χ1v) is 9.55. The second kappa shape index (κ2) is 8.47. The van der Waals surface area contributed by atoms with Crippen molar-refractivity contribution in [2.45, 2.75) is 0 Å². The molecule has 0 saturated heterocycles. The maximum atomic E-state index is 6.21. The van der Waals surface area contributed by atoms with Crippen LogP contribution in [0.3, 0.4) is 0 Å². The number of methoxy groups -OCH3 is 5. The highest BCUT2D eigenvalue weighted by molar-refractivity contribution is 6.01. The van der Waals surface area contributed by atoms with Crippen molar-refractivity contribution in [3.05, 3.63) is 48.5 Å². The highest BCUT2D eigenvalue weighted by Crippen LogP contribution is 2.46. The number of ether oxygens (including phenoxy) is 5. The van der Waals surface area contributed by atoms with Gasteiger partial charge in [0.05, 0.1) is 35.5 Å². The topological polar surface area (TPSA) is 72.2 Å². The van der Waals surface area contributed by atoms with Crippen molar-refractivity contribution in [2.24, 2.45) is 0 Å². The van der Waals surface area contributed by atoms with Gasteiger partial charge in [-0.25, -0.2) is 0 Å². The van der Waals surface area contributed by atoms with E-state index in [0.29, 0.717) is 34.6 Å². The third kappa shape index (κ3) is 3.59. The van der Waals surface area contributed by atoms with Crippen LogP contribution in [0.5, 0.6) is 28.9 Å². The highest BCUT2D eigenvalue weighted by atomic mass is 16.5. The molecule has 0 fully saturated rings. The van der Waals surface area contributed by atoms with Crippen LogP contribution in [0.2, 0.25) is 0 Å². The van der Waals surface area contributed by atoms with E-state index in [-0.39, 0.29) is 0 Å². The summed E-state index contributed by atoms with van der Waals surface area (Å²) in [5.74, 6) is 3.51. The predicted octanol–water partition coefficient (Wildman–Crippen LogP) is 5.20. The second-order valence-corrected chi connectivity index (χ2v) is 6.66. The van der Waals surface area contributed by atoms with E-state index in [1.165, 1.54) is 0 Å². The molecule has 2 aromatic heterocycles. The van der Waals surface area contributed by atoms with Gasteiger partial charge in [-0.15, -0.1) is 0 Å². The third-order valence-electron chi connectivity index (χ3n) is 5.04. The molecule has 0 spiro atoms. The van der Waals surface area contributed by atoms with Gasteiger partial charge in [-0.2, -0.15) is 4.98 Å². The monoisotopic (exact) mass is 421 g/mol. The fourth-order valence-corrected chi connectivity index (χ4v) is 3.53. The molecule has 0 amide bonds. The average molecular weight is 421 g/mol. The minimum atomic E-state index is 0.467. The zero-order chi connectivity index (χ0) is 22.0. The molecule has 0 saturated carbocycles. The molecule has 7 heteroatoms. The van der Waals surface area contributed by atoms with Gasteiger partial charge in [0.25, 0.3) is 0 Å². The Bertz CT molecular complexity index is 1190. The largest absolute Gasteiger partial charge is 0.497 e. The van der Waals surface area contributed by atoms with E-state index >= 15 is 0 Å². The Labute approximate surface area is 180 Å².